The Morgan fingerprint density at radius 3 is 2.37 bits per heavy atom. The van der Waals surface area contributed by atoms with Crippen LogP contribution in [0.4, 0.5) is 10.1 Å². The SMILES string of the molecule is CN(CCC(=O)N1CCN(c2ccc(F)cc2)CC1)CCc1ccncc1. The van der Waals surface area contributed by atoms with Crippen molar-refractivity contribution >= 4 is 11.6 Å². The molecule has 0 saturated carbocycles. The third-order valence-corrected chi connectivity index (χ3v) is 5.06. The van der Waals surface area contributed by atoms with Crippen LogP contribution in [0.25, 0.3) is 0 Å². The van der Waals surface area contributed by atoms with E-state index in [2.05, 4.69) is 21.8 Å². The van der Waals surface area contributed by atoms with Crippen molar-refractivity contribution in [2.75, 3.05) is 51.2 Å². The highest BCUT2D eigenvalue weighted by molar-refractivity contribution is 5.76. The number of pyridine rings is 1. The molecule has 1 saturated heterocycles. The van der Waals surface area contributed by atoms with Crippen molar-refractivity contribution in [2.24, 2.45) is 0 Å². The number of anilines is 1. The molecule has 0 atom stereocenters. The number of piperazine rings is 1. The van der Waals surface area contributed by atoms with Crippen LogP contribution in [-0.4, -0.2) is 67.0 Å². The molecule has 1 aromatic heterocycles. The van der Waals surface area contributed by atoms with E-state index in [0.29, 0.717) is 6.42 Å². The average molecular weight is 370 g/mol. The van der Waals surface area contributed by atoms with Crippen LogP contribution in [0.15, 0.2) is 48.8 Å². The topological polar surface area (TPSA) is 39.7 Å². The number of aromatic nitrogens is 1. The normalized spacial score (nSPS) is 14.6. The van der Waals surface area contributed by atoms with Gasteiger partial charge < -0.3 is 14.7 Å². The largest absolute Gasteiger partial charge is 0.368 e. The number of halogens is 1. The fraction of sp³-hybridized carbons (Fsp3) is 0.429. The first-order valence-electron chi connectivity index (χ1n) is 9.47. The van der Waals surface area contributed by atoms with Gasteiger partial charge in [0.1, 0.15) is 5.82 Å². The smallest absolute Gasteiger partial charge is 0.223 e. The van der Waals surface area contributed by atoms with E-state index < -0.39 is 0 Å². The van der Waals surface area contributed by atoms with Crippen molar-refractivity contribution in [1.29, 1.82) is 0 Å². The van der Waals surface area contributed by atoms with Crippen LogP contribution in [0.1, 0.15) is 12.0 Å². The lowest BCUT2D eigenvalue weighted by atomic mass is 10.2. The molecule has 3 rings (SSSR count). The first-order valence-corrected chi connectivity index (χ1v) is 9.47. The van der Waals surface area contributed by atoms with Gasteiger partial charge >= 0.3 is 0 Å². The fourth-order valence-electron chi connectivity index (χ4n) is 3.29. The summed E-state index contributed by atoms with van der Waals surface area (Å²) in [6, 6.07) is 10.6. The predicted octanol–water partition coefficient (Wildman–Crippen LogP) is 2.43. The van der Waals surface area contributed by atoms with Crippen LogP contribution in [0.3, 0.4) is 0 Å². The molecule has 144 valence electrons. The number of likely N-dealkylation sites (N-methyl/N-ethyl adjacent to an activating group) is 1. The number of hydrogen-bond donors (Lipinski definition) is 0. The molecule has 1 aliphatic heterocycles. The number of carbonyl (C=O) groups is 1. The maximum Gasteiger partial charge on any atom is 0.223 e. The summed E-state index contributed by atoms with van der Waals surface area (Å²) in [5.41, 5.74) is 2.28. The van der Waals surface area contributed by atoms with Gasteiger partial charge in [0.05, 0.1) is 0 Å². The second-order valence-corrected chi connectivity index (χ2v) is 7.00. The van der Waals surface area contributed by atoms with Crippen LogP contribution < -0.4 is 4.90 Å². The molecule has 1 amide bonds. The first kappa shape index (κ1) is 19.3. The lowest BCUT2D eigenvalue weighted by Crippen LogP contribution is -2.49. The molecule has 6 heteroatoms. The maximum atomic E-state index is 13.0. The molecular formula is C21H27FN4O. The van der Waals surface area contributed by atoms with E-state index >= 15 is 0 Å². The van der Waals surface area contributed by atoms with Crippen molar-refractivity contribution in [3.8, 4) is 0 Å². The van der Waals surface area contributed by atoms with Gasteiger partial charge in [-0.05, 0) is 55.4 Å². The summed E-state index contributed by atoms with van der Waals surface area (Å²) >= 11 is 0. The van der Waals surface area contributed by atoms with Gasteiger partial charge in [-0.1, -0.05) is 0 Å². The van der Waals surface area contributed by atoms with Crippen LogP contribution in [-0.2, 0) is 11.2 Å². The zero-order valence-electron chi connectivity index (χ0n) is 15.9. The molecule has 5 nitrogen and oxygen atoms in total. The summed E-state index contributed by atoms with van der Waals surface area (Å²) in [6.45, 7) is 4.70. The lowest BCUT2D eigenvalue weighted by Gasteiger charge is -2.36. The first-order chi connectivity index (χ1) is 13.1. The van der Waals surface area contributed by atoms with Crippen LogP contribution in [0, 0.1) is 5.82 Å². The summed E-state index contributed by atoms with van der Waals surface area (Å²) < 4.78 is 13.0. The Hall–Kier alpha value is -2.47. The van der Waals surface area contributed by atoms with Gasteiger partial charge in [0, 0.05) is 63.8 Å². The Morgan fingerprint density at radius 1 is 1.04 bits per heavy atom. The monoisotopic (exact) mass is 370 g/mol. The number of amides is 1. The quantitative estimate of drug-likeness (QED) is 0.751. The van der Waals surface area contributed by atoms with Crippen molar-refractivity contribution in [2.45, 2.75) is 12.8 Å². The number of hydrogen-bond acceptors (Lipinski definition) is 4. The lowest BCUT2D eigenvalue weighted by molar-refractivity contribution is -0.131. The molecular weight excluding hydrogens is 343 g/mol. The van der Waals surface area contributed by atoms with E-state index in [4.69, 9.17) is 0 Å². The van der Waals surface area contributed by atoms with Crippen molar-refractivity contribution in [3.05, 3.63) is 60.2 Å². The molecule has 0 aliphatic carbocycles. The van der Waals surface area contributed by atoms with Gasteiger partial charge in [0.2, 0.25) is 5.91 Å². The Bertz CT molecular complexity index is 715. The van der Waals surface area contributed by atoms with E-state index in [1.165, 1.54) is 17.7 Å². The van der Waals surface area contributed by atoms with E-state index in [1.54, 1.807) is 12.1 Å². The molecule has 1 aromatic carbocycles. The van der Waals surface area contributed by atoms with Gasteiger partial charge in [0.15, 0.2) is 0 Å². The van der Waals surface area contributed by atoms with Crippen LogP contribution in [0.2, 0.25) is 0 Å². The molecule has 0 radical (unpaired) electrons. The molecule has 1 fully saturated rings. The fourth-order valence-corrected chi connectivity index (χ4v) is 3.29. The van der Waals surface area contributed by atoms with Gasteiger partial charge in [-0.2, -0.15) is 0 Å². The van der Waals surface area contributed by atoms with Crippen LogP contribution >= 0.6 is 0 Å². The van der Waals surface area contributed by atoms with E-state index in [-0.39, 0.29) is 11.7 Å². The molecule has 0 bridgehead atoms. The summed E-state index contributed by atoms with van der Waals surface area (Å²) in [7, 11) is 2.06. The Kier molecular flexibility index (Phi) is 6.76. The summed E-state index contributed by atoms with van der Waals surface area (Å²) in [5.74, 6) is -0.00914. The van der Waals surface area contributed by atoms with Gasteiger partial charge in [0.25, 0.3) is 0 Å². The van der Waals surface area contributed by atoms with Crippen LogP contribution in [0.5, 0.6) is 0 Å². The number of nitrogens with zero attached hydrogens (tertiary/aromatic N) is 4. The summed E-state index contributed by atoms with van der Waals surface area (Å²) in [5, 5.41) is 0. The molecule has 0 spiro atoms. The Balaban J connectivity index is 1.37. The summed E-state index contributed by atoms with van der Waals surface area (Å²) in [6.07, 6.45) is 5.13. The summed E-state index contributed by atoms with van der Waals surface area (Å²) in [4.78, 5) is 22.9. The number of benzene rings is 1. The second-order valence-electron chi connectivity index (χ2n) is 7.00. The van der Waals surface area contributed by atoms with E-state index in [9.17, 15) is 9.18 Å². The predicted molar refractivity (Wildman–Crippen MR) is 105 cm³/mol. The third-order valence-electron chi connectivity index (χ3n) is 5.06. The average Bonchev–Trinajstić information content (AvgIpc) is 2.72. The van der Waals surface area contributed by atoms with Crippen molar-refractivity contribution in [3.63, 3.8) is 0 Å². The standard InChI is InChI=1S/C21H27FN4O/c1-24(12-8-18-6-10-23-11-7-18)13-9-21(27)26-16-14-25(15-17-26)20-4-2-19(22)3-5-20/h2-7,10-11H,8-9,12-17H2,1H3. The molecule has 2 heterocycles. The number of rotatable bonds is 7. The molecule has 27 heavy (non-hydrogen) atoms. The zero-order chi connectivity index (χ0) is 19.1. The third kappa shape index (κ3) is 5.76. The minimum Gasteiger partial charge on any atom is -0.368 e. The highest BCUT2D eigenvalue weighted by atomic mass is 19.1. The Morgan fingerprint density at radius 2 is 1.70 bits per heavy atom. The maximum absolute atomic E-state index is 13.0. The molecule has 1 aliphatic rings. The van der Waals surface area contributed by atoms with Gasteiger partial charge in [-0.15, -0.1) is 0 Å². The van der Waals surface area contributed by atoms with Crippen molar-refractivity contribution < 1.29 is 9.18 Å². The van der Waals surface area contributed by atoms with Gasteiger partial charge in [-0.3, -0.25) is 9.78 Å². The molecule has 0 unspecified atom stereocenters. The zero-order valence-corrected chi connectivity index (χ0v) is 15.9. The Labute approximate surface area is 160 Å². The highest BCUT2D eigenvalue weighted by Crippen LogP contribution is 2.17. The number of carbonyl (C=O) groups excluding carboxylic acids is 1. The molecule has 2 aromatic rings. The van der Waals surface area contributed by atoms with E-state index in [0.717, 1.165) is 51.4 Å². The second kappa shape index (κ2) is 9.46. The minimum atomic E-state index is -0.222. The van der Waals surface area contributed by atoms with Crippen molar-refractivity contribution in [1.82, 2.24) is 14.8 Å². The molecule has 0 N–H and O–H groups in total. The highest BCUT2D eigenvalue weighted by Gasteiger charge is 2.21. The van der Waals surface area contributed by atoms with Gasteiger partial charge in [-0.25, -0.2) is 4.39 Å². The van der Waals surface area contributed by atoms with E-state index in [1.807, 2.05) is 29.4 Å². The minimum absolute atomic E-state index is 0.213.